The quantitative estimate of drug-likeness (QED) is 0.784. The molecule has 0 amide bonds. The van der Waals surface area contributed by atoms with Gasteiger partial charge in [0.2, 0.25) is 0 Å². The van der Waals surface area contributed by atoms with Crippen LogP contribution in [0.3, 0.4) is 0 Å². The van der Waals surface area contributed by atoms with Crippen LogP contribution in [0, 0.1) is 11.3 Å². The fourth-order valence-corrected chi connectivity index (χ4v) is 1.96. The van der Waals surface area contributed by atoms with Crippen LogP contribution >= 0.6 is 0 Å². The van der Waals surface area contributed by atoms with Crippen molar-refractivity contribution in [3.8, 4) is 6.07 Å². The van der Waals surface area contributed by atoms with Crippen molar-refractivity contribution in [3.63, 3.8) is 0 Å². The molecule has 0 saturated heterocycles. The first-order valence-electron chi connectivity index (χ1n) is 5.12. The Labute approximate surface area is 105 Å². The number of nitriles is 1. The van der Waals surface area contributed by atoms with Gasteiger partial charge in [-0.15, -0.1) is 0 Å². The molecule has 5 nitrogen and oxygen atoms in total. The average Bonchev–Trinajstić information content (AvgIpc) is 2.35. The third kappa shape index (κ3) is 2.64. The first-order valence-corrected chi connectivity index (χ1v) is 6.94. The highest BCUT2D eigenvalue weighted by atomic mass is 32.2. The lowest BCUT2D eigenvalue weighted by Crippen LogP contribution is -2.03. The van der Waals surface area contributed by atoms with E-state index in [-0.39, 0.29) is 6.61 Å². The number of rotatable bonds is 3. The van der Waals surface area contributed by atoms with Gasteiger partial charge >= 0.3 is 0 Å². The van der Waals surface area contributed by atoms with Gasteiger partial charge in [0.15, 0.2) is 0 Å². The number of aromatic nitrogens is 1. The van der Waals surface area contributed by atoms with Crippen LogP contribution in [-0.4, -0.2) is 19.7 Å². The van der Waals surface area contributed by atoms with Crippen molar-refractivity contribution in [1.29, 1.82) is 5.26 Å². The zero-order chi connectivity index (χ0) is 13.2. The van der Waals surface area contributed by atoms with Crippen molar-refractivity contribution in [1.82, 2.24) is 4.98 Å². The Bertz CT molecular complexity index is 733. The Kier molecular flexibility index (Phi) is 3.28. The van der Waals surface area contributed by atoms with Crippen LogP contribution in [0.25, 0.3) is 10.9 Å². The number of fused-ring (bicyclic) bond motifs is 1. The molecule has 0 spiro atoms. The molecule has 0 bridgehead atoms. The molecule has 0 saturated carbocycles. The second-order valence-corrected chi connectivity index (χ2v) is 5.39. The van der Waals surface area contributed by atoms with E-state index in [1.807, 2.05) is 0 Å². The van der Waals surface area contributed by atoms with Crippen LogP contribution in [-0.2, 0) is 20.9 Å². The van der Waals surface area contributed by atoms with E-state index >= 15 is 0 Å². The molecular weight excluding hydrogens is 252 g/mol. The summed E-state index contributed by atoms with van der Waals surface area (Å²) in [5.41, 5.74) is 1.72. The van der Waals surface area contributed by atoms with Crippen molar-refractivity contribution < 1.29 is 12.6 Å². The van der Waals surface area contributed by atoms with E-state index < -0.39 is 10.1 Å². The first kappa shape index (κ1) is 12.5. The monoisotopic (exact) mass is 262 g/mol. The number of nitrogens with zero attached hydrogens (tertiary/aromatic N) is 2. The molecule has 6 heteroatoms. The first-order chi connectivity index (χ1) is 8.51. The van der Waals surface area contributed by atoms with Gasteiger partial charge in [0.25, 0.3) is 10.1 Å². The smallest absolute Gasteiger partial charge is 0.264 e. The predicted molar refractivity (Wildman–Crippen MR) is 66.1 cm³/mol. The average molecular weight is 262 g/mol. The third-order valence-corrected chi connectivity index (χ3v) is 2.95. The van der Waals surface area contributed by atoms with Gasteiger partial charge in [0.1, 0.15) is 0 Å². The SMILES string of the molecule is CS(=O)(=O)OCc1ccc(C#N)c2cccnc12. The molecule has 0 radical (unpaired) electrons. The van der Waals surface area contributed by atoms with Crippen LogP contribution in [0.15, 0.2) is 30.5 Å². The summed E-state index contributed by atoms with van der Waals surface area (Å²) in [4.78, 5) is 4.16. The van der Waals surface area contributed by atoms with Gasteiger partial charge < -0.3 is 0 Å². The van der Waals surface area contributed by atoms with E-state index in [0.29, 0.717) is 22.0 Å². The Morgan fingerprint density at radius 1 is 1.39 bits per heavy atom. The number of hydrogen-bond acceptors (Lipinski definition) is 5. The van der Waals surface area contributed by atoms with E-state index in [4.69, 9.17) is 9.44 Å². The molecule has 1 aromatic carbocycles. The third-order valence-electron chi connectivity index (χ3n) is 2.40. The minimum atomic E-state index is -3.50. The van der Waals surface area contributed by atoms with E-state index in [1.165, 1.54) is 0 Å². The lowest BCUT2D eigenvalue weighted by Gasteiger charge is -2.06. The zero-order valence-corrected chi connectivity index (χ0v) is 10.4. The molecule has 0 unspecified atom stereocenters. The normalized spacial score (nSPS) is 11.3. The Balaban J connectivity index is 2.51. The number of hydrogen-bond donors (Lipinski definition) is 0. The van der Waals surface area contributed by atoms with E-state index in [1.54, 1.807) is 30.5 Å². The highest BCUT2D eigenvalue weighted by Crippen LogP contribution is 2.21. The maximum Gasteiger partial charge on any atom is 0.264 e. The maximum absolute atomic E-state index is 11.0. The molecule has 1 aromatic heterocycles. The van der Waals surface area contributed by atoms with Gasteiger partial charge in [0, 0.05) is 17.1 Å². The van der Waals surface area contributed by atoms with Gasteiger partial charge in [-0.25, -0.2) is 0 Å². The molecule has 0 aliphatic rings. The summed E-state index contributed by atoms with van der Waals surface area (Å²) in [6, 6.07) is 8.85. The summed E-state index contributed by atoms with van der Waals surface area (Å²) in [6.07, 6.45) is 2.58. The van der Waals surface area contributed by atoms with Crippen molar-refractivity contribution >= 4 is 21.0 Å². The molecule has 0 N–H and O–H groups in total. The molecule has 0 atom stereocenters. The van der Waals surface area contributed by atoms with Crippen LogP contribution in [0.5, 0.6) is 0 Å². The van der Waals surface area contributed by atoms with Gasteiger partial charge in [-0.3, -0.25) is 9.17 Å². The zero-order valence-electron chi connectivity index (χ0n) is 9.62. The highest BCUT2D eigenvalue weighted by molar-refractivity contribution is 7.85. The fraction of sp³-hybridized carbons (Fsp3) is 0.167. The summed E-state index contributed by atoms with van der Waals surface area (Å²) in [7, 11) is -3.50. The van der Waals surface area contributed by atoms with Gasteiger partial charge in [-0.2, -0.15) is 13.7 Å². The van der Waals surface area contributed by atoms with Crippen LogP contribution in [0.4, 0.5) is 0 Å². The summed E-state index contributed by atoms with van der Waals surface area (Å²) in [5, 5.41) is 9.67. The van der Waals surface area contributed by atoms with Crippen LogP contribution in [0.2, 0.25) is 0 Å². The summed E-state index contributed by atoms with van der Waals surface area (Å²) < 4.78 is 26.7. The second kappa shape index (κ2) is 4.72. The molecule has 2 aromatic rings. The van der Waals surface area contributed by atoms with E-state index in [9.17, 15) is 8.42 Å². The second-order valence-electron chi connectivity index (χ2n) is 3.75. The summed E-state index contributed by atoms with van der Waals surface area (Å²) >= 11 is 0. The molecule has 0 aliphatic carbocycles. The van der Waals surface area contributed by atoms with Gasteiger partial charge in [0.05, 0.1) is 30.0 Å². The van der Waals surface area contributed by atoms with Crippen molar-refractivity contribution in [2.45, 2.75) is 6.61 Å². The molecule has 1 heterocycles. The lowest BCUT2D eigenvalue weighted by molar-refractivity contribution is 0.313. The Morgan fingerprint density at radius 3 is 2.83 bits per heavy atom. The fourth-order valence-electron chi connectivity index (χ4n) is 1.62. The van der Waals surface area contributed by atoms with Crippen molar-refractivity contribution in [3.05, 3.63) is 41.6 Å². The van der Waals surface area contributed by atoms with Crippen molar-refractivity contribution in [2.24, 2.45) is 0 Å². The summed E-state index contributed by atoms with van der Waals surface area (Å²) in [6.45, 7) is -0.0853. The molecule has 92 valence electrons. The highest BCUT2D eigenvalue weighted by Gasteiger charge is 2.09. The molecule has 0 fully saturated rings. The lowest BCUT2D eigenvalue weighted by atomic mass is 10.1. The van der Waals surface area contributed by atoms with Gasteiger partial charge in [-0.1, -0.05) is 6.07 Å². The molecular formula is C12H10N2O3S. The van der Waals surface area contributed by atoms with Crippen LogP contribution in [0.1, 0.15) is 11.1 Å². The number of benzene rings is 1. The summed E-state index contributed by atoms with van der Waals surface area (Å²) in [5.74, 6) is 0. The minimum Gasteiger partial charge on any atom is -0.265 e. The van der Waals surface area contributed by atoms with E-state index in [0.717, 1.165) is 6.26 Å². The topological polar surface area (TPSA) is 80.0 Å². The van der Waals surface area contributed by atoms with Crippen molar-refractivity contribution in [2.75, 3.05) is 6.26 Å². The predicted octanol–water partition coefficient (Wildman–Crippen LogP) is 1.58. The largest absolute Gasteiger partial charge is 0.265 e. The van der Waals surface area contributed by atoms with E-state index in [2.05, 4.69) is 11.1 Å². The molecule has 2 rings (SSSR count). The maximum atomic E-state index is 11.0. The Hall–Kier alpha value is -1.97. The Morgan fingerprint density at radius 2 is 2.17 bits per heavy atom. The standard InChI is InChI=1S/C12H10N2O3S/c1-18(15,16)17-8-10-5-4-9(7-13)11-3-2-6-14-12(10)11/h2-6H,8H2,1H3. The molecule has 0 aliphatic heterocycles. The van der Waals surface area contributed by atoms with Crippen LogP contribution < -0.4 is 0 Å². The minimum absolute atomic E-state index is 0.0853. The number of pyridine rings is 1. The van der Waals surface area contributed by atoms with Gasteiger partial charge in [-0.05, 0) is 18.2 Å². The molecule has 18 heavy (non-hydrogen) atoms.